The molecule has 1 amide bonds. The van der Waals surface area contributed by atoms with Crippen molar-refractivity contribution in [3.05, 3.63) is 102 Å². The SMILES string of the molecule is CCCOC(=O)c1cccc(NC(=O)/C=C/c2ccc(OCc3ccccc3)cc2)c1. The molecule has 1 N–H and O–H groups in total. The van der Waals surface area contributed by atoms with Gasteiger partial charge in [0.15, 0.2) is 0 Å². The van der Waals surface area contributed by atoms with Crippen molar-refractivity contribution in [2.75, 3.05) is 11.9 Å². The molecule has 0 aliphatic heterocycles. The van der Waals surface area contributed by atoms with Gasteiger partial charge in [0.1, 0.15) is 12.4 Å². The molecule has 0 saturated carbocycles. The second-order valence-electron chi connectivity index (χ2n) is 6.88. The van der Waals surface area contributed by atoms with Gasteiger partial charge in [0.05, 0.1) is 12.2 Å². The van der Waals surface area contributed by atoms with Crippen LogP contribution in [0.3, 0.4) is 0 Å². The van der Waals surface area contributed by atoms with Gasteiger partial charge in [0, 0.05) is 11.8 Å². The topological polar surface area (TPSA) is 64.6 Å². The number of esters is 1. The van der Waals surface area contributed by atoms with E-state index in [1.165, 1.54) is 6.08 Å². The fourth-order valence-electron chi connectivity index (χ4n) is 2.77. The number of carbonyl (C=O) groups is 2. The minimum Gasteiger partial charge on any atom is -0.489 e. The Hall–Kier alpha value is -3.86. The first-order chi connectivity index (χ1) is 15.1. The monoisotopic (exact) mass is 415 g/mol. The molecule has 0 bridgehead atoms. The van der Waals surface area contributed by atoms with Crippen LogP contribution in [0.1, 0.15) is 34.8 Å². The Morgan fingerprint density at radius 3 is 2.45 bits per heavy atom. The molecule has 0 radical (unpaired) electrons. The lowest BCUT2D eigenvalue weighted by molar-refractivity contribution is -0.111. The van der Waals surface area contributed by atoms with E-state index in [4.69, 9.17) is 9.47 Å². The summed E-state index contributed by atoms with van der Waals surface area (Å²) in [5, 5.41) is 2.76. The Morgan fingerprint density at radius 2 is 1.71 bits per heavy atom. The number of benzene rings is 3. The molecule has 0 atom stereocenters. The lowest BCUT2D eigenvalue weighted by Gasteiger charge is -2.07. The largest absolute Gasteiger partial charge is 0.489 e. The fourth-order valence-corrected chi connectivity index (χ4v) is 2.77. The summed E-state index contributed by atoms with van der Waals surface area (Å²) in [5.41, 5.74) is 2.91. The molecule has 0 unspecified atom stereocenters. The Balaban J connectivity index is 1.52. The van der Waals surface area contributed by atoms with Crippen LogP contribution in [0, 0.1) is 0 Å². The van der Waals surface area contributed by atoms with Gasteiger partial charge in [-0.3, -0.25) is 4.79 Å². The number of nitrogens with one attached hydrogen (secondary N) is 1. The van der Waals surface area contributed by atoms with Crippen LogP contribution in [0.2, 0.25) is 0 Å². The Morgan fingerprint density at radius 1 is 0.935 bits per heavy atom. The molecule has 0 fully saturated rings. The van der Waals surface area contributed by atoms with Crippen LogP contribution in [0.25, 0.3) is 6.08 Å². The number of anilines is 1. The van der Waals surface area contributed by atoms with Crippen LogP contribution in [-0.2, 0) is 16.1 Å². The first-order valence-corrected chi connectivity index (χ1v) is 10.2. The van der Waals surface area contributed by atoms with Gasteiger partial charge >= 0.3 is 5.97 Å². The molecule has 158 valence electrons. The normalized spacial score (nSPS) is 10.6. The third kappa shape index (κ3) is 7.16. The van der Waals surface area contributed by atoms with Gasteiger partial charge in [0.2, 0.25) is 5.91 Å². The van der Waals surface area contributed by atoms with E-state index in [9.17, 15) is 9.59 Å². The summed E-state index contributed by atoms with van der Waals surface area (Å²) in [5.74, 6) is 0.0729. The summed E-state index contributed by atoms with van der Waals surface area (Å²) in [6, 6.07) is 24.1. The van der Waals surface area contributed by atoms with Gasteiger partial charge in [-0.1, -0.05) is 55.5 Å². The fraction of sp³-hybridized carbons (Fsp3) is 0.154. The molecule has 3 aromatic rings. The maximum Gasteiger partial charge on any atom is 0.338 e. The highest BCUT2D eigenvalue weighted by Crippen LogP contribution is 2.16. The van der Waals surface area contributed by atoms with E-state index in [0.29, 0.717) is 24.5 Å². The zero-order chi connectivity index (χ0) is 21.9. The van der Waals surface area contributed by atoms with Crippen LogP contribution >= 0.6 is 0 Å². The van der Waals surface area contributed by atoms with E-state index in [1.54, 1.807) is 30.3 Å². The third-order valence-corrected chi connectivity index (χ3v) is 4.36. The molecule has 3 aromatic carbocycles. The molecular formula is C26H25NO4. The second-order valence-corrected chi connectivity index (χ2v) is 6.88. The summed E-state index contributed by atoms with van der Waals surface area (Å²) in [6.45, 7) is 2.80. The van der Waals surface area contributed by atoms with Crippen LogP contribution in [0.15, 0.2) is 84.9 Å². The Labute approximate surface area is 182 Å². The predicted molar refractivity (Wildman–Crippen MR) is 122 cm³/mol. The van der Waals surface area contributed by atoms with Crippen molar-refractivity contribution >= 4 is 23.6 Å². The van der Waals surface area contributed by atoms with E-state index >= 15 is 0 Å². The minimum atomic E-state index is -0.400. The van der Waals surface area contributed by atoms with Gasteiger partial charge in [0.25, 0.3) is 0 Å². The van der Waals surface area contributed by atoms with Crippen molar-refractivity contribution in [1.29, 1.82) is 0 Å². The first kappa shape index (κ1) is 21.8. The number of hydrogen-bond donors (Lipinski definition) is 1. The summed E-state index contributed by atoms with van der Waals surface area (Å²) in [7, 11) is 0. The maximum absolute atomic E-state index is 12.2. The molecule has 0 heterocycles. The summed E-state index contributed by atoms with van der Waals surface area (Å²) in [6.07, 6.45) is 3.92. The average molecular weight is 415 g/mol. The molecule has 31 heavy (non-hydrogen) atoms. The van der Waals surface area contributed by atoms with Crippen LogP contribution < -0.4 is 10.1 Å². The van der Waals surface area contributed by atoms with E-state index in [1.807, 2.05) is 61.5 Å². The van der Waals surface area contributed by atoms with Crippen molar-refractivity contribution in [2.45, 2.75) is 20.0 Å². The number of rotatable bonds is 9. The smallest absolute Gasteiger partial charge is 0.338 e. The predicted octanol–water partition coefficient (Wildman–Crippen LogP) is 5.48. The van der Waals surface area contributed by atoms with Crippen LogP contribution in [-0.4, -0.2) is 18.5 Å². The Kier molecular flexibility index (Phi) is 8.00. The molecule has 0 saturated heterocycles. The highest BCUT2D eigenvalue weighted by molar-refractivity contribution is 6.02. The maximum atomic E-state index is 12.2. The van der Waals surface area contributed by atoms with Gasteiger partial charge in [-0.15, -0.1) is 0 Å². The highest BCUT2D eigenvalue weighted by Gasteiger charge is 2.08. The molecule has 0 aliphatic rings. The first-order valence-electron chi connectivity index (χ1n) is 10.2. The second kappa shape index (κ2) is 11.4. The molecule has 3 rings (SSSR count). The van der Waals surface area contributed by atoms with E-state index in [-0.39, 0.29) is 5.91 Å². The van der Waals surface area contributed by atoms with Crippen molar-refractivity contribution in [1.82, 2.24) is 0 Å². The lowest BCUT2D eigenvalue weighted by Crippen LogP contribution is -2.10. The summed E-state index contributed by atoms with van der Waals surface area (Å²) >= 11 is 0. The molecular weight excluding hydrogens is 390 g/mol. The average Bonchev–Trinajstić information content (AvgIpc) is 2.81. The highest BCUT2D eigenvalue weighted by atomic mass is 16.5. The lowest BCUT2D eigenvalue weighted by atomic mass is 10.2. The van der Waals surface area contributed by atoms with Crippen molar-refractivity contribution < 1.29 is 19.1 Å². The van der Waals surface area contributed by atoms with Gasteiger partial charge in [-0.2, -0.15) is 0 Å². The minimum absolute atomic E-state index is 0.288. The molecule has 5 heteroatoms. The zero-order valence-electron chi connectivity index (χ0n) is 17.4. The zero-order valence-corrected chi connectivity index (χ0v) is 17.4. The summed E-state index contributed by atoms with van der Waals surface area (Å²) < 4.78 is 10.9. The number of ether oxygens (including phenoxy) is 2. The number of amides is 1. The van der Waals surface area contributed by atoms with E-state index in [2.05, 4.69) is 5.32 Å². The summed E-state index contributed by atoms with van der Waals surface area (Å²) in [4.78, 5) is 24.2. The molecule has 0 spiro atoms. The van der Waals surface area contributed by atoms with Crippen molar-refractivity contribution in [3.63, 3.8) is 0 Å². The third-order valence-electron chi connectivity index (χ3n) is 4.36. The molecule has 0 aliphatic carbocycles. The number of hydrogen-bond acceptors (Lipinski definition) is 4. The molecule has 0 aromatic heterocycles. The van der Waals surface area contributed by atoms with E-state index < -0.39 is 5.97 Å². The number of carbonyl (C=O) groups excluding carboxylic acids is 2. The quantitative estimate of drug-likeness (QED) is 0.371. The standard InChI is InChI=1S/C26H25NO4/c1-2-17-30-26(29)22-9-6-10-23(18-22)27-25(28)16-13-20-11-14-24(15-12-20)31-19-21-7-4-3-5-8-21/h3-16,18H,2,17,19H2,1H3,(H,27,28)/b16-13+. The van der Waals surface area contributed by atoms with Crippen LogP contribution in [0.5, 0.6) is 5.75 Å². The van der Waals surface area contributed by atoms with E-state index in [0.717, 1.165) is 23.3 Å². The van der Waals surface area contributed by atoms with Crippen molar-refractivity contribution in [3.8, 4) is 5.75 Å². The van der Waals surface area contributed by atoms with Gasteiger partial charge in [-0.05, 0) is 54.0 Å². The Bertz CT molecular complexity index is 1030. The van der Waals surface area contributed by atoms with Gasteiger partial charge in [-0.25, -0.2) is 4.79 Å². The van der Waals surface area contributed by atoms with Crippen molar-refractivity contribution in [2.24, 2.45) is 0 Å². The van der Waals surface area contributed by atoms with Crippen LogP contribution in [0.4, 0.5) is 5.69 Å². The van der Waals surface area contributed by atoms with Gasteiger partial charge < -0.3 is 14.8 Å². The molecule has 5 nitrogen and oxygen atoms in total.